The van der Waals surface area contributed by atoms with E-state index < -0.39 is 0 Å². The van der Waals surface area contributed by atoms with E-state index in [4.69, 9.17) is 0 Å². The summed E-state index contributed by atoms with van der Waals surface area (Å²) in [6.45, 7) is 2.35. The Kier molecular flexibility index (Phi) is 3.33. The number of anilines is 1. The third kappa shape index (κ3) is 2.16. The number of aryl methyl sites for hydroxylation is 1. The molecule has 1 amide bonds. The van der Waals surface area contributed by atoms with Crippen LogP contribution in [0.25, 0.3) is 0 Å². The standard InChI is InChI=1S/C13H19N5O/c1-14-13(19)11-7-15-5-6-18(11)12-9-3-2-4-10(9)16-8-17-12/h8,11,15H,2-7H2,1H3,(H,14,19). The highest BCUT2D eigenvalue weighted by Gasteiger charge is 2.31. The van der Waals surface area contributed by atoms with Crippen molar-refractivity contribution in [3.05, 3.63) is 17.6 Å². The molecule has 0 radical (unpaired) electrons. The van der Waals surface area contributed by atoms with Crippen LogP contribution in [0.15, 0.2) is 6.33 Å². The fourth-order valence-electron chi connectivity index (χ4n) is 2.95. The fraction of sp³-hybridized carbons (Fsp3) is 0.615. The summed E-state index contributed by atoms with van der Waals surface area (Å²) in [4.78, 5) is 22.9. The fourth-order valence-corrected chi connectivity index (χ4v) is 2.95. The largest absolute Gasteiger partial charge is 0.357 e. The second kappa shape index (κ2) is 5.13. The van der Waals surface area contributed by atoms with Crippen molar-refractivity contribution >= 4 is 11.7 Å². The smallest absolute Gasteiger partial charge is 0.243 e. The molecule has 0 bridgehead atoms. The molecule has 1 atom stereocenters. The Labute approximate surface area is 112 Å². The summed E-state index contributed by atoms with van der Waals surface area (Å²) in [5.41, 5.74) is 2.39. The zero-order valence-corrected chi connectivity index (χ0v) is 11.1. The zero-order chi connectivity index (χ0) is 13.2. The van der Waals surface area contributed by atoms with E-state index in [1.165, 1.54) is 5.56 Å². The third-order valence-electron chi connectivity index (χ3n) is 3.92. The molecule has 0 saturated carbocycles. The van der Waals surface area contributed by atoms with Crippen LogP contribution >= 0.6 is 0 Å². The molecular weight excluding hydrogens is 242 g/mol. The lowest BCUT2D eigenvalue weighted by atomic mass is 10.1. The Morgan fingerprint density at radius 2 is 2.37 bits per heavy atom. The first-order chi connectivity index (χ1) is 9.31. The number of hydrogen-bond acceptors (Lipinski definition) is 5. The molecule has 2 N–H and O–H groups in total. The number of nitrogens with one attached hydrogen (secondary N) is 2. The van der Waals surface area contributed by atoms with E-state index in [2.05, 4.69) is 25.5 Å². The molecule has 1 aliphatic carbocycles. The highest BCUT2D eigenvalue weighted by atomic mass is 16.2. The van der Waals surface area contributed by atoms with Crippen LogP contribution in [-0.2, 0) is 17.6 Å². The van der Waals surface area contributed by atoms with Crippen molar-refractivity contribution in [2.75, 3.05) is 31.6 Å². The first-order valence-electron chi connectivity index (χ1n) is 6.83. The maximum Gasteiger partial charge on any atom is 0.243 e. The first kappa shape index (κ1) is 12.3. The lowest BCUT2D eigenvalue weighted by Gasteiger charge is -2.36. The minimum absolute atomic E-state index is 0.0394. The van der Waals surface area contributed by atoms with Gasteiger partial charge < -0.3 is 15.5 Å². The van der Waals surface area contributed by atoms with Gasteiger partial charge in [-0.05, 0) is 19.3 Å². The number of amides is 1. The van der Waals surface area contributed by atoms with E-state index in [1.54, 1.807) is 13.4 Å². The molecular formula is C13H19N5O. The molecule has 19 heavy (non-hydrogen) atoms. The second-order valence-electron chi connectivity index (χ2n) is 5.00. The minimum atomic E-state index is -0.182. The van der Waals surface area contributed by atoms with Gasteiger partial charge in [-0.3, -0.25) is 4.79 Å². The third-order valence-corrected chi connectivity index (χ3v) is 3.92. The summed E-state index contributed by atoms with van der Waals surface area (Å²) in [6.07, 6.45) is 4.82. The van der Waals surface area contributed by atoms with Gasteiger partial charge in [0.05, 0.1) is 0 Å². The van der Waals surface area contributed by atoms with Gasteiger partial charge in [0.15, 0.2) is 0 Å². The first-order valence-corrected chi connectivity index (χ1v) is 6.83. The molecule has 102 valence electrons. The number of carbonyl (C=O) groups is 1. The van der Waals surface area contributed by atoms with Crippen LogP contribution in [-0.4, -0.2) is 48.6 Å². The summed E-state index contributed by atoms with van der Waals surface area (Å²) in [5, 5.41) is 6.01. The van der Waals surface area contributed by atoms with E-state index in [1.807, 2.05) is 0 Å². The van der Waals surface area contributed by atoms with Crippen LogP contribution in [0.2, 0.25) is 0 Å². The molecule has 1 aromatic heterocycles. The Morgan fingerprint density at radius 3 is 3.21 bits per heavy atom. The highest BCUT2D eigenvalue weighted by Crippen LogP contribution is 2.29. The quantitative estimate of drug-likeness (QED) is 0.750. The number of likely N-dealkylation sites (N-methyl/N-ethyl adjacent to an activating group) is 1. The van der Waals surface area contributed by atoms with Gasteiger partial charge in [-0.1, -0.05) is 0 Å². The molecule has 0 spiro atoms. The summed E-state index contributed by atoms with van der Waals surface area (Å²) >= 11 is 0. The van der Waals surface area contributed by atoms with Crippen molar-refractivity contribution in [2.24, 2.45) is 0 Å². The Morgan fingerprint density at radius 1 is 1.47 bits per heavy atom. The van der Waals surface area contributed by atoms with E-state index in [0.717, 1.165) is 43.9 Å². The lowest BCUT2D eigenvalue weighted by Crippen LogP contribution is -2.58. The minimum Gasteiger partial charge on any atom is -0.357 e. The number of carbonyl (C=O) groups excluding carboxylic acids is 1. The van der Waals surface area contributed by atoms with Gasteiger partial charge in [0.1, 0.15) is 18.2 Å². The molecule has 2 heterocycles. The van der Waals surface area contributed by atoms with Gasteiger partial charge in [-0.15, -0.1) is 0 Å². The number of aromatic nitrogens is 2. The Balaban J connectivity index is 1.95. The molecule has 1 saturated heterocycles. The number of nitrogens with zero attached hydrogens (tertiary/aromatic N) is 3. The van der Waals surface area contributed by atoms with E-state index in [0.29, 0.717) is 6.54 Å². The van der Waals surface area contributed by atoms with Crippen molar-refractivity contribution in [3.8, 4) is 0 Å². The van der Waals surface area contributed by atoms with E-state index in [-0.39, 0.29) is 11.9 Å². The van der Waals surface area contributed by atoms with Gasteiger partial charge in [0, 0.05) is 37.9 Å². The monoisotopic (exact) mass is 261 g/mol. The molecule has 1 unspecified atom stereocenters. The summed E-state index contributed by atoms with van der Waals surface area (Å²) in [5.74, 6) is 0.996. The van der Waals surface area contributed by atoms with Crippen LogP contribution < -0.4 is 15.5 Å². The van der Waals surface area contributed by atoms with Crippen molar-refractivity contribution in [3.63, 3.8) is 0 Å². The Bertz CT molecular complexity index is 490. The molecule has 6 heteroatoms. The number of rotatable bonds is 2. The summed E-state index contributed by atoms with van der Waals surface area (Å²) in [6, 6.07) is -0.182. The molecule has 1 fully saturated rings. The van der Waals surface area contributed by atoms with Crippen LogP contribution in [0.3, 0.4) is 0 Å². The molecule has 1 aromatic rings. The van der Waals surface area contributed by atoms with E-state index in [9.17, 15) is 4.79 Å². The van der Waals surface area contributed by atoms with Crippen molar-refractivity contribution in [2.45, 2.75) is 25.3 Å². The second-order valence-corrected chi connectivity index (χ2v) is 5.00. The summed E-state index contributed by atoms with van der Waals surface area (Å²) in [7, 11) is 1.68. The molecule has 3 rings (SSSR count). The zero-order valence-electron chi connectivity index (χ0n) is 11.1. The maximum absolute atomic E-state index is 12.0. The average molecular weight is 261 g/mol. The van der Waals surface area contributed by atoms with E-state index >= 15 is 0 Å². The summed E-state index contributed by atoms with van der Waals surface area (Å²) < 4.78 is 0. The van der Waals surface area contributed by atoms with Gasteiger partial charge >= 0.3 is 0 Å². The highest BCUT2D eigenvalue weighted by molar-refractivity contribution is 5.85. The predicted octanol–water partition coefficient (Wildman–Crippen LogP) is -0.510. The Hall–Kier alpha value is -1.69. The molecule has 2 aliphatic rings. The van der Waals surface area contributed by atoms with Crippen molar-refractivity contribution < 1.29 is 4.79 Å². The SMILES string of the molecule is CNC(=O)C1CNCCN1c1ncnc2c1CCC2. The number of fused-ring (bicyclic) bond motifs is 1. The van der Waals surface area contributed by atoms with Crippen LogP contribution in [0.1, 0.15) is 17.7 Å². The van der Waals surface area contributed by atoms with Crippen molar-refractivity contribution in [1.29, 1.82) is 0 Å². The number of piperazine rings is 1. The van der Waals surface area contributed by atoms with Gasteiger partial charge in [-0.2, -0.15) is 0 Å². The lowest BCUT2D eigenvalue weighted by molar-refractivity contribution is -0.122. The predicted molar refractivity (Wildman–Crippen MR) is 72.1 cm³/mol. The number of hydrogen-bond donors (Lipinski definition) is 2. The van der Waals surface area contributed by atoms with Crippen LogP contribution in [0.4, 0.5) is 5.82 Å². The van der Waals surface area contributed by atoms with Gasteiger partial charge in [0.2, 0.25) is 5.91 Å². The topological polar surface area (TPSA) is 70.2 Å². The van der Waals surface area contributed by atoms with Gasteiger partial charge in [0.25, 0.3) is 0 Å². The van der Waals surface area contributed by atoms with Crippen LogP contribution in [0.5, 0.6) is 0 Å². The maximum atomic E-state index is 12.0. The molecule has 6 nitrogen and oxygen atoms in total. The van der Waals surface area contributed by atoms with Gasteiger partial charge in [-0.25, -0.2) is 9.97 Å². The van der Waals surface area contributed by atoms with Crippen LogP contribution in [0, 0.1) is 0 Å². The molecule has 1 aliphatic heterocycles. The molecule has 0 aromatic carbocycles. The normalized spacial score (nSPS) is 22.2. The average Bonchev–Trinajstić information content (AvgIpc) is 2.94. The van der Waals surface area contributed by atoms with Crippen molar-refractivity contribution in [1.82, 2.24) is 20.6 Å².